The summed E-state index contributed by atoms with van der Waals surface area (Å²) in [5.41, 5.74) is 1.04. The van der Waals surface area contributed by atoms with Crippen LogP contribution in [0.25, 0.3) is 0 Å². The highest BCUT2D eigenvalue weighted by Gasteiger charge is 2.27. The summed E-state index contributed by atoms with van der Waals surface area (Å²) in [6.07, 6.45) is 0.525. The van der Waals surface area contributed by atoms with Gasteiger partial charge in [0, 0.05) is 24.8 Å². The van der Waals surface area contributed by atoms with Gasteiger partial charge in [-0.3, -0.25) is 4.79 Å². The number of amides is 1. The topological polar surface area (TPSA) is 38.8 Å². The maximum Gasteiger partial charge on any atom is 0.224 e. The lowest BCUT2D eigenvalue weighted by Gasteiger charge is -2.17. The zero-order chi connectivity index (χ0) is 13.8. The van der Waals surface area contributed by atoms with Crippen LogP contribution in [0.2, 0.25) is 0 Å². The molecule has 2 rings (SSSR count). The Morgan fingerprint density at radius 2 is 2.21 bits per heavy atom. The summed E-state index contributed by atoms with van der Waals surface area (Å²) < 4.78 is 10.8. The van der Waals surface area contributed by atoms with E-state index in [1.165, 1.54) is 0 Å². The van der Waals surface area contributed by atoms with E-state index in [9.17, 15) is 4.79 Å². The number of rotatable bonds is 5. The van der Waals surface area contributed by atoms with E-state index >= 15 is 0 Å². The van der Waals surface area contributed by atoms with E-state index in [1.54, 1.807) is 7.11 Å². The van der Waals surface area contributed by atoms with E-state index in [-0.39, 0.29) is 11.2 Å². The van der Waals surface area contributed by atoms with Crippen LogP contribution < -0.4 is 9.47 Å². The van der Waals surface area contributed by atoms with Gasteiger partial charge in [0.2, 0.25) is 5.91 Å². The molecule has 1 fully saturated rings. The van der Waals surface area contributed by atoms with Gasteiger partial charge in [0.25, 0.3) is 0 Å². The van der Waals surface area contributed by atoms with Gasteiger partial charge in [-0.05, 0) is 24.6 Å². The average molecular weight is 281 g/mol. The number of methoxy groups -OCH3 is 1. The lowest BCUT2D eigenvalue weighted by atomic mass is 10.2. The first kappa shape index (κ1) is 14.1. The molecule has 1 aromatic carbocycles. The van der Waals surface area contributed by atoms with Crippen molar-refractivity contribution in [2.24, 2.45) is 0 Å². The minimum absolute atomic E-state index is 0.150. The fourth-order valence-corrected chi connectivity index (χ4v) is 2.57. The van der Waals surface area contributed by atoms with Crippen LogP contribution in [0.3, 0.4) is 0 Å². The maximum atomic E-state index is 11.7. The van der Waals surface area contributed by atoms with Crippen molar-refractivity contribution in [3.63, 3.8) is 0 Å². The van der Waals surface area contributed by atoms with Gasteiger partial charge in [0.15, 0.2) is 11.5 Å². The van der Waals surface area contributed by atoms with Crippen molar-refractivity contribution in [1.82, 2.24) is 4.90 Å². The fourth-order valence-electron chi connectivity index (χ4n) is 2.21. The molecule has 1 aliphatic heterocycles. The number of hydrogen-bond donors (Lipinski definition) is 1. The van der Waals surface area contributed by atoms with Gasteiger partial charge in [0.1, 0.15) is 0 Å². The Balaban J connectivity index is 2.12. The molecule has 1 amide bonds. The van der Waals surface area contributed by atoms with Crippen molar-refractivity contribution in [2.75, 3.05) is 20.3 Å². The Morgan fingerprint density at radius 3 is 2.79 bits per heavy atom. The number of carbonyl (C=O) groups is 1. The Hall–Kier alpha value is -1.36. The molecule has 1 saturated heterocycles. The van der Waals surface area contributed by atoms with E-state index < -0.39 is 0 Å². The van der Waals surface area contributed by atoms with Crippen LogP contribution in [0.4, 0.5) is 0 Å². The van der Waals surface area contributed by atoms with Crippen molar-refractivity contribution in [3.05, 3.63) is 23.8 Å². The average Bonchev–Trinajstić information content (AvgIpc) is 2.69. The summed E-state index contributed by atoms with van der Waals surface area (Å²) in [4.78, 5) is 13.6. The molecule has 1 aromatic rings. The van der Waals surface area contributed by atoms with Crippen LogP contribution in [0.1, 0.15) is 18.9 Å². The number of thiol groups is 1. The van der Waals surface area contributed by atoms with Gasteiger partial charge in [-0.15, -0.1) is 0 Å². The zero-order valence-electron chi connectivity index (χ0n) is 11.3. The standard InChI is InChI=1S/C14H19NO3S/c1-3-18-13-6-10(4-5-12(13)17-2)8-15-9-11(19)7-14(15)16/h4-6,11,19H,3,7-9H2,1-2H3. The quantitative estimate of drug-likeness (QED) is 0.840. The van der Waals surface area contributed by atoms with Crippen LogP contribution >= 0.6 is 12.6 Å². The van der Waals surface area contributed by atoms with E-state index in [2.05, 4.69) is 12.6 Å². The number of likely N-dealkylation sites (tertiary alicyclic amines) is 1. The third kappa shape index (κ3) is 3.35. The second-order valence-electron chi connectivity index (χ2n) is 4.55. The van der Waals surface area contributed by atoms with Crippen LogP contribution in [0, 0.1) is 0 Å². The predicted molar refractivity (Wildman–Crippen MR) is 77.0 cm³/mol. The molecule has 1 heterocycles. The summed E-state index contributed by atoms with van der Waals surface area (Å²) in [6.45, 7) is 3.82. The highest BCUT2D eigenvalue weighted by atomic mass is 32.1. The molecule has 0 radical (unpaired) electrons. The third-order valence-electron chi connectivity index (χ3n) is 3.10. The number of hydrogen-bond acceptors (Lipinski definition) is 4. The normalized spacial score (nSPS) is 18.8. The zero-order valence-corrected chi connectivity index (χ0v) is 12.2. The molecule has 5 heteroatoms. The predicted octanol–water partition coefficient (Wildman–Crippen LogP) is 2.12. The highest BCUT2D eigenvalue weighted by molar-refractivity contribution is 7.81. The largest absolute Gasteiger partial charge is 0.493 e. The number of benzene rings is 1. The smallest absolute Gasteiger partial charge is 0.224 e. The van der Waals surface area contributed by atoms with Gasteiger partial charge in [-0.1, -0.05) is 6.07 Å². The van der Waals surface area contributed by atoms with Crippen LogP contribution in [-0.4, -0.2) is 36.3 Å². The molecule has 0 aliphatic carbocycles. The van der Waals surface area contributed by atoms with E-state index in [0.29, 0.717) is 31.9 Å². The summed E-state index contributed by atoms with van der Waals surface area (Å²) in [6, 6.07) is 5.76. The van der Waals surface area contributed by atoms with E-state index in [1.807, 2.05) is 30.0 Å². The molecule has 1 atom stereocenters. The van der Waals surface area contributed by atoms with Crippen LogP contribution in [-0.2, 0) is 11.3 Å². The molecule has 1 unspecified atom stereocenters. The Bertz CT molecular complexity index is 464. The Morgan fingerprint density at radius 1 is 1.42 bits per heavy atom. The molecular formula is C14H19NO3S. The van der Waals surface area contributed by atoms with Gasteiger partial charge < -0.3 is 14.4 Å². The van der Waals surface area contributed by atoms with Crippen molar-refractivity contribution >= 4 is 18.5 Å². The van der Waals surface area contributed by atoms with Crippen LogP contribution in [0.15, 0.2) is 18.2 Å². The van der Waals surface area contributed by atoms with Crippen molar-refractivity contribution in [1.29, 1.82) is 0 Å². The molecular weight excluding hydrogens is 262 g/mol. The molecule has 0 aromatic heterocycles. The van der Waals surface area contributed by atoms with Crippen molar-refractivity contribution in [2.45, 2.75) is 25.1 Å². The van der Waals surface area contributed by atoms with Crippen LogP contribution in [0.5, 0.6) is 11.5 Å². The minimum atomic E-state index is 0.150. The lowest BCUT2D eigenvalue weighted by molar-refractivity contribution is -0.128. The molecule has 0 bridgehead atoms. The summed E-state index contributed by atoms with van der Waals surface area (Å²) in [7, 11) is 1.62. The van der Waals surface area contributed by atoms with Crippen molar-refractivity contribution in [3.8, 4) is 11.5 Å². The first-order valence-electron chi connectivity index (χ1n) is 6.39. The first-order valence-corrected chi connectivity index (χ1v) is 6.91. The summed E-state index contributed by atoms with van der Waals surface area (Å²) >= 11 is 4.36. The lowest BCUT2D eigenvalue weighted by Crippen LogP contribution is -2.24. The highest BCUT2D eigenvalue weighted by Crippen LogP contribution is 2.29. The number of ether oxygens (including phenoxy) is 2. The van der Waals surface area contributed by atoms with Gasteiger partial charge in [-0.25, -0.2) is 0 Å². The Kier molecular flexibility index (Phi) is 4.58. The van der Waals surface area contributed by atoms with Gasteiger partial charge >= 0.3 is 0 Å². The summed E-state index contributed by atoms with van der Waals surface area (Å²) in [5.74, 6) is 1.59. The fraction of sp³-hybridized carbons (Fsp3) is 0.500. The Labute approximate surface area is 119 Å². The molecule has 19 heavy (non-hydrogen) atoms. The van der Waals surface area contributed by atoms with Crippen molar-refractivity contribution < 1.29 is 14.3 Å². The molecule has 1 aliphatic rings. The van der Waals surface area contributed by atoms with Gasteiger partial charge in [0.05, 0.1) is 13.7 Å². The van der Waals surface area contributed by atoms with E-state index in [0.717, 1.165) is 11.3 Å². The second-order valence-corrected chi connectivity index (χ2v) is 5.28. The monoisotopic (exact) mass is 281 g/mol. The summed E-state index contributed by atoms with van der Waals surface area (Å²) in [5, 5.41) is 0.150. The third-order valence-corrected chi connectivity index (χ3v) is 3.44. The number of carbonyl (C=O) groups excluding carboxylic acids is 1. The second kappa shape index (κ2) is 6.19. The molecule has 0 spiro atoms. The molecule has 104 valence electrons. The van der Waals surface area contributed by atoms with Gasteiger partial charge in [-0.2, -0.15) is 12.6 Å². The van der Waals surface area contributed by atoms with E-state index in [4.69, 9.17) is 9.47 Å². The maximum absolute atomic E-state index is 11.7. The minimum Gasteiger partial charge on any atom is -0.493 e. The first-order chi connectivity index (χ1) is 9.13. The SMILES string of the molecule is CCOc1cc(CN2CC(S)CC2=O)ccc1OC. The number of nitrogens with zero attached hydrogens (tertiary/aromatic N) is 1. The molecule has 0 N–H and O–H groups in total. The molecule has 4 nitrogen and oxygen atoms in total. The molecule has 0 saturated carbocycles.